The summed E-state index contributed by atoms with van der Waals surface area (Å²) in [6.45, 7) is 1.23. The van der Waals surface area contributed by atoms with Crippen molar-refractivity contribution in [3.63, 3.8) is 0 Å². The largest absolute Gasteiger partial charge is 0.465 e. The molecule has 0 aromatic rings. The Hall–Kier alpha value is -0.990. The van der Waals surface area contributed by atoms with Gasteiger partial charge in [-0.1, -0.05) is 6.92 Å². The van der Waals surface area contributed by atoms with Crippen LogP contribution in [-0.4, -0.2) is 31.2 Å². The fourth-order valence-electron chi connectivity index (χ4n) is 0.894. The summed E-state index contributed by atoms with van der Waals surface area (Å²) in [4.78, 5) is 10.6. The minimum absolute atomic E-state index is 0.262. The van der Waals surface area contributed by atoms with E-state index in [1.807, 2.05) is 0 Å². The molecule has 17 heavy (non-hydrogen) atoms. The molecule has 1 atom stereocenters. The lowest BCUT2D eigenvalue weighted by Crippen LogP contribution is -2.54. The van der Waals surface area contributed by atoms with Crippen LogP contribution in [0.4, 0.5) is 26.3 Å². The Bertz CT molecular complexity index is 277. The number of rotatable bonds is 5. The van der Waals surface area contributed by atoms with Crippen LogP contribution in [0.25, 0.3) is 0 Å². The number of alkyl halides is 6. The lowest BCUT2D eigenvalue weighted by molar-refractivity contribution is -0.399. The molecule has 0 heterocycles. The normalized spacial score (nSPS) is 16.5. The minimum atomic E-state index is -5.96. The van der Waals surface area contributed by atoms with Crippen LogP contribution in [-0.2, 0) is 14.3 Å². The molecule has 0 fully saturated rings. The number of ether oxygens (including phenoxy) is 2. The summed E-state index contributed by atoms with van der Waals surface area (Å²) in [5.74, 6) is -7.76. The predicted molar refractivity (Wildman–Crippen MR) is 42.9 cm³/mol. The summed E-state index contributed by atoms with van der Waals surface area (Å²) in [7, 11) is 0.420. The van der Waals surface area contributed by atoms with Crippen molar-refractivity contribution in [2.24, 2.45) is 0 Å². The molecule has 3 nitrogen and oxygen atoms in total. The molecule has 0 rings (SSSR count). The lowest BCUT2D eigenvalue weighted by Gasteiger charge is -2.28. The zero-order valence-corrected chi connectivity index (χ0v) is 8.91. The smallest absolute Gasteiger partial charge is 0.460 e. The van der Waals surface area contributed by atoms with Crippen LogP contribution in [0.15, 0.2) is 0 Å². The van der Waals surface area contributed by atoms with Gasteiger partial charge in [0.25, 0.3) is 0 Å². The van der Waals surface area contributed by atoms with Gasteiger partial charge in [-0.05, 0) is 6.42 Å². The number of esters is 1. The highest BCUT2D eigenvalue weighted by Crippen LogP contribution is 2.41. The maximum atomic E-state index is 13.2. The van der Waals surface area contributed by atoms with Crippen molar-refractivity contribution in [1.82, 2.24) is 0 Å². The van der Waals surface area contributed by atoms with Crippen molar-refractivity contribution in [1.29, 1.82) is 0 Å². The van der Waals surface area contributed by atoms with Crippen molar-refractivity contribution in [2.45, 2.75) is 37.9 Å². The third-order valence-corrected chi connectivity index (χ3v) is 1.64. The van der Waals surface area contributed by atoms with Crippen molar-refractivity contribution in [3.8, 4) is 0 Å². The van der Waals surface area contributed by atoms with Crippen molar-refractivity contribution >= 4 is 5.97 Å². The van der Waals surface area contributed by atoms with E-state index in [-0.39, 0.29) is 6.42 Å². The summed E-state index contributed by atoms with van der Waals surface area (Å²) in [6.07, 6.45) is -11.8. The van der Waals surface area contributed by atoms with Crippen LogP contribution in [0.2, 0.25) is 0 Å². The highest BCUT2D eigenvalue weighted by Gasteiger charge is 2.68. The quantitative estimate of drug-likeness (QED) is 0.568. The number of hydrogen-bond acceptors (Lipinski definition) is 3. The Balaban J connectivity index is 5.17. The van der Waals surface area contributed by atoms with E-state index >= 15 is 0 Å². The number of halogens is 6. The summed E-state index contributed by atoms with van der Waals surface area (Å²) >= 11 is 0. The summed E-state index contributed by atoms with van der Waals surface area (Å²) in [5, 5.41) is 0. The standard InChI is InChI=1S/C8H10F6O3/c1-3-4-6(9,10)17-7(11,5(15)16-2)8(12,13)14/h3-4H2,1-2H3. The number of carbonyl (C=O) groups is 1. The third kappa shape index (κ3) is 3.76. The van der Waals surface area contributed by atoms with E-state index in [9.17, 15) is 31.1 Å². The third-order valence-electron chi connectivity index (χ3n) is 1.64. The Morgan fingerprint density at radius 3 is 1.88 bits per heavy atom. The van der Waals surface area contributed by atoms with E-state index in [0.717, 1.165) is 0 Å². The zero-order valence-electron chi connectivity index (χ0n) is 8.91. The van der Waals surface area contributed by atoms with Gasteiger partial charge in [0, 0.05) is 6.42 Å². The topological polar surface area (TPSA) is 35.5 Å². The molecule has 0 spiro atoms. The van der Waals surface area contributed by atoms with Gasteiger partial charge in [-0.25, -0.2) is 4.79 Å². The van der Waals surface area contributed by atoms with Crippen LogP contribution in [0.3, 0.4) is 0 Å². The van der Waals surface area contributed by atoms with Crippen LogP contribution in [0.1, 0.15) is 19.8 Å². The van der Waals surface area contributed by atoms with E-state index in [1.165, 1.54) is 6.92 Å². The monoisotopic (exact) mass is 268 g/mol. The van der Waals surface area contributed by atoms with Gasteiger partial charge in [0.1, 0.15) is 0 Å². The highest BCUT2D eigenvalue weighted by molar-refractivity contribution is 5.78. The van der Waals surface area contributed by atoms with Gasteiger partial charge in [0.2, 0.25) is 0 Å². The molecule has 0 aliphatic heterocycles. The molecule has 9 heteroatoms. The molecule has 0 aromatic heterocycles. The van der Waals surface area contributed by atoms with E-state index in [0.29, 0.717) is 7.11 Å². The van der Waals surface area contributed by atoms with Gasteiger partial charge >= 0.3 is 24.1 Å². The van der Waals surface area contributed by atoms with Crippen molar-refractivity contribution in [2.75, 3.05) is 7.11 Å². The molecular weight excluding hydrogens is 258 g/mol. The van der Waals surface area contributed by atoms with Gasteiger partial charge in [0.15, 0.2) is 0 Å². The van der Waals surface area contributed by atoms with E-state index in [1.54, 1.807) is 0 Å². The molecule has 0 amide bonds. The summed E-state index contributed by atoms with van der Waals surface area (Å²) in [5.41, 5.74) is 0. The average molecular weight is 268 g/mol. The fourth-order valence-corrected chi connectivity index (χ4v) is 0.894. The van der Waals surface area contributed by atoms with Gasteiger partial charge < -0.3 is 4.74 Å². The van der Waals surface area contributed by atoms with E-state index in [2.05, 4.69) is 9.47 Å². The molecule has 0 radical (unpaired) electrons. The molecule has 0 bridgehead atoms. The van der Waals surface area contributed by atoms with Crippen LogP contribution < -0.4 is 0 Å². The maximum absolute atomic E-state index is 13.2. The lowest BCUT2D eigenvalue weighted by atomic mass is 10.2. The molecule has 0 saturated carbocycles. The van der Waals surface area contributed by atoms with E-state index < -0.39 is 30.5 Å². The van der Waals surface area contributed by atoms with Crippen LogP contribution >= 0.6 is 0 Å². The van der Waals surface area contributed by atoms with Gasteiger partial charge in [-0.2, -0.15) is 26.3 Å². The fraction of sp³-hybridized carbons (Fsp3) is 0.875. The molecule has 0 aliphatic rings. The first-order valence-electron chi connectivity index (χ1n) is 4.42. The summed E-state index contributed by atoms with van der Waals surface area (Å²) in [6, 6.07) is 0. The van der Waals surface area contributed by atoms with Gasteiger partial charge in [0.05, 0.1) is 7.11 Å². The van der Waals surface area contributed by atoms with Crippen LogP contribution in [0.5, 0.6) is 0 Å². The second-order valence-electron chi connectivity index (χ2n) is 3.07. The first-order valence-corrected chi connectivity index (χ1v) is 4.42. The number of methoxy groups -OCH3 is 1. The Kier molecular flexibility index (Phi) is 4.81. The molecule has 102 valence electrons. The van der Waals surface area contributed by atoms with Crippen molar-refractivity contribution in [3.05, 3.63) is 0 Å². The molecule has 0 N–H and O–H groups in total. The summed E-state index contributed by atoms with van der Waals surface area (Å²) < 4.78 is 81.8. The molecular formula is C8H10F6O3. The maximum Gasteiger partial charge on any atom is 0.460 e. The predicted octanol–water partition coefficient (Wildman–Crippen LogP) is 2.80. The Morgan fingerprint density at radius 2 is 1.59 bits per heavy atom. The minimum Gasteiger partial charge on any atom is -0.465 e. The molecule has 0 aromatic carbocycles. The zero-order chi connectivity index (χ0) is 13.9. The first-order chi connectivity index (χ1) is 7.50. The second kappa shape index (κ2) is 5.11. The van der Waals surface area contributed by atoms with Gasteiger partial charge in [-0.3, -0.25) is 4.74 Å². The van der Waals surface area contributed by atoms with E-state index in [4.69, 9.17) is 0 Å². The first kappa shape index (κ1) is 16.0. The highest BCUT2D eigenvalue weighted by atomic mass is 19.4. The Morgan fingerprint density at radius 1 is 1.12 bits per heavy atom. The molecule has 0 aliphatic carbocycles. The van der Waals surface area contributed by atoms with Crippen molar-refractivity contribution < 1.29 is 40.6 Å². The van der Waals surface area contributed by atoms with Gasteiger partial charge in [-0.15, -0.1) is 0 Å². The Labute approximate surface area is 92.7 Å². The molecule has 0 saturated heterocycles. The number of hydrogen-bond donors (Lipinski definition) is 0. The number of carbonyl (C=O) groups excluding carboxylic acids is 1. The second-order valence-corrected chi connectivity index (χ2v) is 3.07. The SMILES string of the molecule is CCCC(F)(F)OC(F)(C(=O)OC)C(F)(F)F. The molecule has 1 unspecified atom stereocenters. The average Bonchev–Trinajstić information content (AvgIpc) is 2.13. The van der Waals surface area contributed by atoms with Crippen LogP contribution in [0, 0.1) is 0 Å².